The van der Waals surface area contributed by atoms with Gasteiger partial charge in [0.25, 0.3) is 0 Å². The number of urea groups is 1. The van der Waals surface area contributed by atoms with Crippen LogP contribution in [0.5, 0.6) is 0 Å². The average Bonchev–Trinajstić information content (AvgIpc) is 2.52. The lowest BCUT2D eigenvalue weighted by molar-refractivity contribution is -0.143. The predicted octanol–water partition coefficient (Wildman–Crippen LogP) is 2.85. The van der Waals surface area contributed by atoms with Crippen LogP contribution in [0.1, 0.15) is 24.0 Å². The molecule has 0 aliphatic carbocycles. The smallest absolute Gasteiger partial charge is 0.416 e. The van der Waals surface area contributed by atoms with E-state index in [1.54, 1.807) is 0 Å². The summed E-state index contributed by atoms with van der Waals surface area (Å²) in [6, 6.07) is 1.59. The molecule has 24 heavy (non-hydrogen) atoms. The van der Waals surface area contributed by atoms with Gasteiger partial charge in [-0.05, 0) is 30.5 Å². The van der Waals surface area contributed by atoms with Crippen molar-refractivity contribution in [1.29, 1.82) is 0 Å². The molecule has 1 aromatic rings. The van der Waals surface area contributed by atoms with Gasteiger partial charge in [-0.25, -0.2) is 9.18 Å². The van der Waals surface area contributed by atoms with E-state index in [1.165, 1.54) is 4.90 Å². The lowest BCUT2D eigenvalue weighted by atomic mass is 9.99. The summed E-state index contributed by atoms with van der Waals surface area (Å²) >= 11 is 0. The van der Waals surface area contributed by atoms with Crippen LogP contribution in [0.2, 0.25) is 0 Å². The first-order valence-electron chi connectivity index (χ1n) is 7.29. The maximum Gasteiger partial charge on any atom is 0.416 e. The summed E-state index contributed by atoms with van der Waals surface area (Å²) in [6.07, 6.45) is -3.77. The molecule has 9 heteroatoms. The summed E-state index contributed by atoms with van der Waals surface area (Å²) in [4.78, 5) is 24.3. The summed E-state index contributed by atoms with van der Waals surface area (Å²) in [5, 5.41) is 11.3. The van der Waals surface area contributed by atoms with Crippen molar-refractivity contribution in [2.24, 2.45) is 5.92 Å². The number of likely N-dealkylation sites (tertiary alicyclic amines) is 1. The molecule has 2 amide bonds. The molecule has 2 rings (SSSR count). The fourth-order valence-corrected chi connectivity index (χ4v) is 2.61. The SMILES string of the molecule is O=C(O)C1CCCN(C(=O)NCc2ccc(F)cc2C(F)(F)F)C1. The maximum atomic E-state index is 13.0. The van der Waals surface area contributed by atoms with Gasteiger partial charge in [-0.1, -0.05) is 6.07 Å². The lowest BCUT2D eigenvalue weighted by Crippen LogP contribution is -2.46. The zero-order valence-corrected chi connectivity index (χ0v) is 12.6. The minimum Gasteiger partial charge on any atom is -0.481 e. The number of nitrogens with one attached hydrogen (secondary N) is 1. The van der Waals surface area contributed by atoms with E-state index < -0.39 is 42.0 Å². The Morgan fingerprint density at radius 1 is 1.33 bits per heavy atom. The van der Waals surface area contributed by atoms with Gasteiger partial charge in [-0.15, -0.1) is 0 Å². The Morgan fingerprint density at radius 2 is 2.04 bits per heavy atom. The van der Waals surface area contributed by atoms with Crippen molar-refractivity contribution in [2.45, 2.75) is 25.6 Å². The number of carboxylic acid groups (broad SMARTS) is 1. The van der Waals surface area contributed by atoms with Crippen LogP contribution in [0.25, 0.3) is 0 Å². The van der Waals surface area contributed by atoms with Crippen LogP contribution in [0.15, 0.2) is 18.2 Å². The number of carbonyl (C=O) groups is 2. The first-order valence-corrected chi connectivity index (χ1v) is 7.29. The standard InChI is InChI=1S/C15H16F4N2O3/c16-11-4-3-9(12(6-11)15(17,18)19)7-20-14(24)21-5-1-2-10(8-21)13(22)23/h3-4,6,10H,1-2,5,7-8H2,(H,20,24)(H,22,23). The first kappa shape index (κ1) is 18.0. The second kappa shape index (κ2) is 7.06. The Hall–Kier alpha value is -2.32. The molecule has 0 aromatic heterocycles. The minimum atomic E-state index is -4.73. The molecule has 0 saturated carbocycles. The van der Waals surface area contributed by atoms with Crippen molar-refractivity contribution in [3.8, 4) is 0 Å². The number of carbonyl (C=O) groups excluding carboxylic acids is 1. The molecule has 1 atom stereocenters. The Balaban J connectivity index is 2.03. The van der Waals surface area contributed by atoms with Crippen LogP contribution in [-0.4, -0.2) is 35.1 Å². The first-order chi connectivity index (χ1) is 11.2. The number of alkyl halides is 3. The molecule has 2 N–H and O–H groups in total. The number of carboxylic acids is 1. The van der Waals surface area contributed by atoms with Gasteiger partial charge in [0.05, 0.1) is 11.5 Å². The van der Waals surface area contributed by atoms with Crippen molar-refractivity contribution in [3.63, 3.8) is 0 Å². The van der Waals surface area contributed by atoms with Gasteiger partial charge < -0.3 is 15.3 Å². The molecule has 1 fully saturated rings. The molecule has 5 nitrogen and oxygen atoms in total. The number of hydrogen-bond donors (Lipinski definition) is 2. The van der Waals surface area contributed by atoms with Crippen LogP contribution in [0, 0.1) is 11.7 Å². The number of hydrogen-bond acceptors (Lipinski definition) is 2. The van der Waals surface area contributed by atoms with Gasteiger partial charge >= 0.3 is 18.2 Å². The highest BCUT2D eigenvalue weighted by molar-refractivity contribution is 5.76. The van der Waals surface area contributed by atoms with E-state index in [0.29, 0.717) is 25.5 Å². The molecule has 1 aromatic carbocycles. The van der Waals surface area contributed by atoms with Crippen LogP contribution >= 0.6 is 0 Å². The molecule has 1 saturated heterocycles. The number of aliphatic carboxylic acids is 1. The van der Waals surface area contributed by atoms with Crippen LogP contribution in [-0.2, 0) is 17.5 Å². The molecule has 1 heterocycles. The Morgan fingerprint density at radius 3 is 2.67 bits per heavy atom. The Labute approximate surface area is 135 Å². The highest BCUT2D eigenvalue weighted by atomic mass is 19.4. The monoisotopic (exact) mass is 348 g/mol. The van der Waals surface area contributed by atoms with Crippen molar-refractivity contribution in [3.05, 3.63) is 35.1 Å². The van der Waals surface area contributed by atoms with Gasteiger partial charge in [-0.3, -0.25) is 4.79 Å². The highest BCUT2D eigenvalue weighted by Gasteiger charge is 2.34. The Kier molecular flexibility index (Phi) is 5.30. The quantitative estimate of drug-likeness (QED) is 0.826. The van der Waals surface area contributed by atoms with Gasteiger partial charge in [0.15, 0.2) is 0 Å². The molecule has 132 valence electrons. The summed E-state index contributed by atoms with van der Waals surface area (Å²) in [5.41, 5.74) is -1.41. The fourth-order valence-electron chi connectivity index (χ4n) is 2.61. The zero-order valence-electron chi connectivity index (χ0n) is 12.6. The normalized spacial score (nSPS) is 18.3. The number of benzene rings is 1. The molecule has 1 aliphatic heterocycles. The average molecular weight is 348 g/mol. The Bertz CT molecular complexity index is 634. The van der Waals surface area contributed by atoms with E-state index >= 15 is 0 Å². The molecule has 1 unspecified atom stereocenters. The summed E-state index contributed by atoms with van der Waals surface area (Å²) in [7, 11) is 0. The fraction of sp³-hybridized carbons (Fsp3) is 0.467. The van der Waals surface area contributed by atoms with Gasteiger partial charge in [0.2, 0.25) is 0 Å². The topological polar surface area (TPSA) is 69.6 Å². The summed E-state index contributed by atoms with van der Waals surface area (Å²) < 4.78 is 51.7. The lowest BCUT2D eigenvalue weighted by Gasteiger charge is -2.30. The van der Waals surface area contributed by atoms with Gasteiger partial charge in [0.1, 0.15) is 5.82 Å². The number of halogens is 4. The second-order valence-electron chi connectivity index (χ2n) is 5.58. The highest BCUT2D eigenvalue weighted by Crippen LogP contribution is 2.32. The molecule has 0 spiro atoms. The van der Waals surface area contributed by atoms with Crippen LogP contribution < -0.4 is 5.32 Å². The van der Waals surface area contributed by atoms with Crippen molar-refractivity contribution in [2.75, 3.05) is 13.1 Å². The van der Waals surface area contributed by atoms with E-state index in [-0.39, 0.29) is 12.1 Å². The summed E-state index contributed by atoms with van der Waals surface area (Å²) in [6.45, 7) is -0.0793. The van der Waals surface area contributed by atoms with Crippen LogP contribution in [0.4, 0.5) is 22.4 Å². The number of amides is 2. The molecular weight excluding hydrogens is 332 g/mol. The van der Waals surface area contributed by atoms with E-state index in [0.717, 1.165) is 12.1 Å². The van der Waals surface area contributed by atoms with E-state index in [2.05, 4.69) is 5.32 Å². The van der Waals surface area contributed by atoms with Gasteiger partial charge in [-0.2, -0.15) is 13.2 Å². The van der Waals surface area contributed by atoms with E-state index in [4.69, 9.17) is 5.11 Å². The third kappa shape index (κ3) is 4.36. The maximum absolute atomic E-state index is 13.0. The molecule has 1 aliphatic rings. The van der Waals surface area contributed by atoms with Gasteiger partial charge in [0, 0.05) is 19.6 Å². The third-order valence-electron chi connectivity index (χ3n) is 3.87. The third-order valence-corrected chi connectivity index (χ3v) is 3.87. The zero-order chi connectivity index (χ0) is 17.9. The molecular formula is C15H16F4N2O3. The minimum absolute atomic E-state index is 0.0106. The number of nitrogens with zero attached hydrogens (tertiary/aromatic N) is 1. The van der Waals surface area contributed by atoms with Crippen LogP contribution in [0.3, 0.4) is 0 Å². The van der Waals surface area contributed by atoms with E-state index in [1.807, 2.05) is 0 Å². The van der Waals surface area contributed by atoms with Crippen molar-refractivity contribution in [1.82, 2.24) is 10.2 Å². The van der Waals surface area contributed by atoms with Crippen molar-refractivity contribution < 1.29 is 32.3 Å². The number of piperidine rings is 1. The number of rotatable bonds is 3. The summed E-state index contributed by atoms with van der Waals surface area (Å²) in [5.74, 6) is -2.70. The predicted molar refractivity (Wildman–Crippen MR) is 75.6 cm³/mol. The van der Waals surface area contributed by atoms with E-state index in [9.17, 15) is 27.2 Å². The van der Waals surface area contributed by atoms with Crippen molar-refractivity contribution >= 4 is 12.0 Å². The second-order valence-corrected chi connectivity index (χ2v) is 5.58. The molecule has 0 radical (unpaired) electrons. The largest absolute Gasteiger partial charge is 0.481 e. The molecule has 0 bridgehead atoms.